The molecule has 206 valence electrons. The number of ether oxygens (including phenoxy) is 2. The van der Waals surface area contributed by atoms with Crippen LogP contribution in [0.1, 0.15) is 52.9 Å². The summed E-state index contributed by atoms with van der Waals surface area (Å²) in [7, 11) is 0. The van der Waals surface area contributed by atoms with E-state index in [2.05, 4.69) is 15.2 Å². The van der Waals surface area contributed by atoms with Crippen molar-refractivity contribution in [3.8, 4) is 34.0 Å². The number of alkyl halides is 3. The Hall–Kier alpha value is -4.41. The molecule has 1 aromatic heterocycles. The lowest BCUT2D eigenvalue weighted by Crippen LogP contribution is -2.12. The fourth-order valence-corrected chi connectivity index (χ4v) is 5.55. The van der Waals surface area contributed by atoms with Gasteiger partial charge in [0, 0.05) is 28.7 Å². The molecule has 3 aromatic carbocycles. The average Bonchev–Trinajstić information content (AvgIpc) is 3.63. The standard InChI is InChI=1S/C29H23F4N3O4/c1-14-34-28(36-35-14)16-4-2-15(3-5-16)26-20-8-9-23(27(20)22(30)12-21(26)29(31,32)33)40-18-6-7-19-17(10-25(37)38)13-39-24(19)11-18/h2-7,11-12,17,23H,8-10,13H2,1H3,(H,37,38)(H,34,35,36)/t17?,23-/m1/s1. The summed E-state index contributed by atoms with van der Waals surface area (Å²) < 4.78 is 69.5. The summed E-state index contributed by atoms with van der Waals surface area (Å²) in [6, 6.07) is 11.9. The topological polar surface area (TPSA) is 97.3 Å². The van der Waals surface area contributed by atoms with Gasteiger partial charge in [-0.2, -0.15) is 18.3 Å². The zero-order chi connectivity index (χ0) is 28.2. The number of carboxylic acid groups (broad SMARTS) is 1. The molecule has 11 heteroatoms. The van der Waals surface area contributed by atoms with Gasteiger partial charge in [0.15, 0.2) is 5.82 Å². The third-order valence-electron chi connectivity index (χ3n) is 7.30. The Balaban J connectivity index is 1.35. The number of benzene rings is 3. The lowest BCUT2D eigenvalue weighted by Gasteiger charge is -2.21. The highest BCUT2D eigenvalue weighted by Crippen LogP contribution is 2.48. The van der Waals surface area contributed by atoms with Crippen LogP contribution >= 0.6 is 0 Å². The Bertz CT molecular complexity index is 1620. The number of carbonyl (C=O) groups is 1. The number of aliphatic carboxylic acids is 1. The van der Waals surface area contributed by atoms with Crippen molar-refractivity contribution in [2.45, 2.75) is 44.4 Å². The van der Waals surface area contributed by atoms with Gasteiger partial charge in [-0.05, 0) is 48.6 Å². The first-order chi connectivity index (χ1) is 19.1. The number of aromatic amines is 1. The van der Waals surface area contributed by atoms with Gasteiger partial charge in [0.2, 0.25) is 0 Å². The van der Waals surface area contributed by atoms with Crippen LogP contribution in [0, 0.1) is 12.7 Å². The molecule has 40 heavy (non-hydrogen) atoms. The van der Waals surface area contributed by atoms with Crippen molar-refractivity contribution in [3.63, 3.8) is 0 Å². The van der Waals surface area contributed by atoms with E-state index in [9.17, 15) is 18.0 Å². The summed E-state index contributed by atoms with van der Waals surface area (Å²) in [5, 5.41) is 15.9. The highest BCUT2D eigenvalue weighted by molar-refractivity contribution is 5.76. The molecule has 1 aliphatic heterocycles. The molecule has 0 saturated heterocycles. The van der Waals surface area contributed by atoms with Crippen molar-refractivity contribution < 1.29 is 36.9 Å². The molecule has 0 spiro atoms. The number of nitrogens with one attached hydrogen (secondary N) is 1. The number of fused-ring (bicyclic) bond motifs is 2. The summed E-state index contributed by atoms with van der Waals surface area (Å²) in [6.07, 6.45) is -5.17. The van der Waals surface area contributed by atoms with Gasteiger partial charge in [-0.25, -0.2) is 9.37 Å². The predicted octanol–water partition coefficient (Wildman–Crippen LogP) is 6.62. The van der Waals surface area contributed by atoms with E-state index in [1.54, 1.807) is 49.4 Å². The molecule has 4 aromatic rings. The quantitative estimate of drug-likeness (QED) is 0.261. The minimum atomic E-state index is -4.77. The van der Waals surface area contributed by atoms with Crippen LogP contribution in [0.2, 0.25) is 0 Å². The van der Waals surface area contributed by atoms with E-state index in [0.717, 1.165) is 5.56 Å². The molecule has 2 N–H and O–H groups in total. The Morgan fingerprint density at radius 1 is 1.15 bits per heavy atom. The lowest BCUT2D eigenvalue weighted by molar-refractivity contribution is -0.138. The molecule has 0 fully saturated rings. The maximum Gasteiger partial charge on any atom is 0.417 e. The van der Waals surface area contributed by atoms with Crippen LogP contribution in [0.5, 0.6) is 11.5 Å². The van der Waals surface area contributed by atoms with E-state index in [0.29, 0.717) is 40.3 Å². The number of rotatable bonds is 6. The molecule has 0 bridgehead atoms. The highest BCUT2D eigenvalue weighted by Gasteiger charge is 2.40. The fraction of sp³-hybridized carbons (Fsp3) is 0.276. The molecule has 2 aliphatic rings. The molecule has 0 saturated carbocycles. The van der Waals surface area contributed by atoms with Crippen LogP contribution in [-0.4, -0.2) is 32.9 Å². The summed E-state index contributed by atoms with van der Waals surface area (Å²) in [5.41, 5.74) is 0.928. The Morgan fingerprint density at radius 2 is 1.90 bits per heavy atom. The Morgan fingerprint density at radius 3 is 2.58 bits per heavy atom. The normalized spacial score (nSPS) is 17.8. The minimum absolute atomic E-state index is 0.0680. The number of halogens is 4. The van der Waals surface area contributed by atoms with Crippen molar-refractivity contribution in [1.29, 1.82) is 0 Å². The second-order valence-electron chi connectivity index (χ2n) is 9.94. The monoisotopic (exact) mass is 553 g/mol. The average molecular weight is 554 g/mol. The lowest BCUT2D eigenvalue weighted by atomic mass is 9.90. The summed E-state index contributed by atoms with van der Waals surface area (Å²) in [6.45, 7) is 1.97. The van der Waals surface area contributed by atoms with E-state index >= 15 is 4.39 Å². The van der Waals surface area contributed by atoms with Crippen LogP contribution in [0.25, 0.3) is 22.5 Å². The third kappa shape index (κ3) is 4.65. The van der Waals surface area contributed by atoms with Gasteiger partial charge < -0.3 is 14.6 Å². The van der Waals surface area contributed by atoms with Crippen LogP contribution in [0.4, 0.5) is 17.6 Å². The van der Waals surface area contributed by atoms with Crippen molar-refractivity contribution in [3.05, 3.63) is 82.4 Å². The van der Waals surface area contributed by atoms with E-state index in [1.165, 1.54) is 0 Å². The summed E-state index contributed by atoms with van der Waals surface area (Å²) >= 11 is 0. The van der Waals surface area contributed by atoms with Gasteiger partial charge in [0.1, 0.15) is 29.2 Å². The maximum absolute atomic E-state index is 15.3. The van der Waals surface area contributed by atoms with E-state index < -0.39 is 29.6 Å². The fourth-order valence-electron chi connectivity index (χ4n) is 5.55. The molecule has 2 heterocycles. The predicted molar refractivity (Wildman–Crippen MR) is 136 cm³/mol. The molecule has 6 rings (SSSR count). The molecular weight excluding hydrogens is 530 g/mol. The van der Waals surface area contributed by atoms with Crippen LogP contribution in [0.15, 0.2) is 48.5 Å². The number of nitrogens with zero attached hydrogens (tertiary/aromatic N) is 2. The summed E-state index contributed by atoms with van der Waals surface area (Å²) in [5.74, 6) is -0.316. The van der Waals surface area contributed by atoms with Gasteiger partial charge >= 0.3 is 12.1 Å². The first-order valence-electron chi connectivity index (χ1n) is 12.7. The summed E-state index contributed by atoms with van der Waals surface area (Å²) in [4.78, 5) is 15.4. The zero-order valence-electron chi connectivity index (χ0n) is 21.2. The Kier molecular flexibility index (Phi) is 6.24. The number of hydrogen-bond acceptors (Lipinski definition) is 5. The van der Waals surface area contributed by atoms with E-state index in [1.807, 2.05) is 0 Å². The van der Waals surface area contributed by atoms with Gasteiger partial charge in [-0.1, -0.05) is 30.3 Å². The Labute approximate surface area is 225 Å². The van der Waals surface area contributed by atoms with E-state index in [4.69, 9.17) is 14.6 Å². The van der Waals surface area contributed by atoms with Crippen molar-refractivity contribution in [2.24, 2.45) is 0 Å². The second-order valence-corrected chi connectivity index (χ2v) is 9.94. The van der Waals surface area contributed by atoms with Crippen LogP contribution < -0.4 is 9.47 Å². The van der Waals surface area contributed by atoms with Gasteiger partial charge in [-0.3, -0.25) is 9.89 Å². The first-order valence-corrected chi connectivity index (χ1v) is 12.7. The van der Waals surface area contributed by atoms with Crippen molar-refractivity contribution in [1.82, 2.24) is 15.2 Å². The second kappa shape index (κ2) is 9.65. The highest BCUT2D eigenvalue weighted by atomic mass is 19.4. The molecule has 0 radical (unpaired) electrons. The SMILES string of the molecule is Cc1nc(-c2ccc(-c3c(C(F)(F)F)cc(F)c4c3CC[C@H]4Oc3ccc4c(c3)OCC4CC(=O)O)cc2)n[nH]1. The number of hydrogen-bond donors (Lipinski definition) is 2. The third-order valence-corrected chi connectivity index (χ3v) is 7.30. The molecule has 2 atom stereocenters. The number of carboxylic acids is 1. The largest absolute Gasteiger partial charge is 0.492 e. The van der Waals surface area contributed by atoms with Crippen LogP contribution in [0.3, 0.4) is 0 Å². The molecule has 0 amide bonds. The van der Waals surface area contributed by atoms with Crippen molar-refractivity contribution >= 4 is 5.97 Å². The molecular formula is C29H23F4N3O4. The smallest absolute Gasteiger partial charge is 0.417 e. The number of aromatic nitrogens is 3. The van der Waals surface area contributed by atoms with E-state index in [-0.39, 0.29) is 48.5 Å². The number of H-pyrrole nitrogens is 1. The molecule has 7 nitrogen and oxygen atoms in total. The van der Waals surface area contributed by atoms with Gasteiger partial charge in [-0.15, -0.1) is 0 Å². The van der Waals surface area contributed by atoms with Crippen LogP contribution in [-0.2, 0) is 17.4 Å². The number of aryl methyl sites for hydroxylation is 1. The minimum Gasteiger partial charge on any atom is -0.492 e. The van der Waals surface area contributed by atoms with Gasteiger partial charge in [0.25, 0.3) is 0 Å². The van der Waals surface area contributed by atoms with Crippen molar-refractivity contribution in [2.75, 3.05) is 6.61 Å². The van der Waals surface area contributed by atoms with Gasteiger partial charge in [0.05, 0.1) is 18.6 Å². The maximum atomic E-state index is 15.3. The molecule has 1 unspecified atom stereocenters. The first kappa shape index (κ1) is 25.8. The molecule has 1 aliphatic carbocycles. The zero-order valence-corrected chi connectivity index (χ0v) is 21.2.